The molecule has 0 aliphatic rings. The molecule has 0 fully saturated rings. The topological polar surface area (TPSA) is 58.6 Å². The molecule has 2 aromatic rings. The Bertz CT molecular complexity index is 908. The molecule has 0 saturated heterocycles. The minimum Gasteiger partial charge on any atom is -0.497 e. The van der Waals surface area contributed by atoms with Gasteiger partial charge in [-0.25, -0.2) is 0 Å². The molecule has 32 heavy (non-hydrogen) atoms. The molecule has 174 valence electrons. The zero-order valence-corrected chi connectivity index (χ0v) is 20.9. The van der Waals surface area contributed by atoms with Gasteiger partial charge >= 0.3 is 0 Å². The van der Waals surface area contributed by atoms with Crippen LogP contribution < -0.4 is 10.1 Å². The summed E-state index contributed by atoms with van der Waals surface area (Å²) in [7, 11) is 1.62. The second-order valence-corrected chi connectivity index (χ2v) is 10.0. The van der Waals surface area contributed by atoms with Crippen LogP contribution in [0, 0.1) is 6.92 Å². The molecule has 2 rings (SSSR count). The number of hydrogen-bond donors (Lipinski definition) is 1. The molecule has 0 bridgehead atoms. The van der Waals surface area contributed by atoms with Gasteiger partial charge in [0.1, 0.15) is 11.8 Å². The number of aryl methyl sites for hydroxylation is 1. The maximum Gasteiger partial charge on any atom is 0.243 e. The summed E-state index contributed by atoms with van der Waals surface area (Å²) in [6.07, 6.45) is 0.542. The summed E-state index contributed by atoms with van der Waals surface area (Å²) in [6, 6.07) is 15.4. The van der Waals surface area contributed by atoms with Gasteiger partial charge in [0.2, 0.25) is 11.8 Å². The Morgan fingerprint density at radius 3 is 2.41 bits per heavy atom. The number of hydrogen-bond acceptors (Lipinski definition) is 4. The van der Waals surface area contributed by atoms with E-state index in [1.807, 2.05) is 58.0 Å². The SMILES string of the molecule is CCC(C(=O)NC(C)(C)C)N(Cc1cccc(OC)c1)C(=O)CSCc1cccc(C)c1. The lowest BCUT2D eigenvalue weighted by molar-refractivity contribution is -0.140. The minimum atomic E-state index is -0.535. The van der Waals surface area contributed by atoms with Crippen molar-refractivity contribution in [2.75, 3.05) is 12.9 Å². The Morgan fingerprint density at radius 2 is 1.78 bits per heavy atom. The maximum absolute atomic E-state index is 13.3. The minimum absolute atomic E-state index is 0.0404. The lowest BCUT2D eigenvalue weighted by atomic mass is 10.1. The third-order valence-corrected chi connectivity index (χ3v) is 5.94. The van der Waals surface area contributed by atoms with Crippen LogP contribution in [-0.2, 0) is 21.9 Å². The molecular formula is C26H36N2O3S. The largest absolute Gasteiger partial charge is 0.497 e. The first-order valence-corrected chi connectivity index (χ1v) is 12.2. The molecule has 0 saturated carbocycles. The lowest BCUT2D eigenvalue weighted by Crippen LogP contribution is -2.53. The molecule has 0 aliphatic carbocycles. The normalized spacial score (nSPS) is 12.2. The fourth-order valence-corrected chi connectivity index (χ4v) is 4.34. The van der Waals surface area contributed by atoms with Crippen LogP contribution in [0.1, 0.15) is 50.8 Å². The van der Waals surface area contributed by atoms with Crippen LogP contribution in [0.2, 0.25) is 0 Å². The number of methoxy groups -OCH3 is 1. The number of amides is 2. The summed E-state index contributed by atoms with van der Waals surface area (Å²) in [5.74, 6) is 1.64. The Morgan fingerprint density at radius 1 is 1.09 bits per heavy atom. The molecule has 5 nitrogen and oxygen atoms in total. The molecule has 0 spiro atoms. The van der Waals surface area contributed by atoms with E-state index in [1.165, 1.54) is 11.1 Å². The molecule has 6 heteroatoms. The summed E-state index contributed by atoms with van der Waals surface area (Å²) < 4.78 is 5.33. The Labute approximate surface area is 196 Å². The van der Waals surface area contributed by atoms with Gasteiger partial charge in [-0.3, -0.25) is 9.59 Å². The summed E-state index contributed by atoms with van der Waals surface area (Å²) >= 11 is 1.57. The fourth-order valence-electron chi connectivity index (χ4n) is 3.48. The summed E-state index contributed by atoms with van der Waals surface area (Å²) in [4.78, 5) is 28.1. The van der Waals surface area contributed by atoms with Gasteiger partial charge < -0.3 is 15.0 Å². The van der Waals surface area contributed by atoms with Crippen molar-refractivity contribution in [3.63, 3.8) is 0 Å². The number of benzene rings is 2. The molecule has 0 aromatic heterocycles. The van der Waals surface area contributed by atoms with Gasteiger partial charge in [-0.05, 0) is 57.4 Å². The van der Waals surface area contributed by atoms with Crippen molar-refractivity contribution in [2.45, 2.75) is 64.9 Å². The average molecular weight is 457 g/mol. The Kier molecular flexibility index (Phi) is 9.63. The van der Waals surface area contributed by atoms with Gasteiger partial charge in [-0.2, -0.15) is 0 Å². The summed E-state index contributed by atoms with van der Waals surface area (Å²) in [5, 5.41) is 3.04. The van der Waals surface area contributed by atoms with Gasteiger partial charge in [-0.15, -0.1) is 11.8 Å². The first-order chi connectivity index (χ1) is 15.1. The molecule has 1 unspecified atom stereocenters. The van der Waals surface area contributed by atoms with Crippen LogP contribution in [0.25, 0.3) is 0 Å². The first kappa shape index (κ1) is 25.8. The number of carbonyl (C=O) groups is 2. The van der Waals surface area contributed by atoms with E-state index in [2.05, 4.69) is 30.4 Å². The lowest BCUT2D eigenvalue weighted by Gasteiger charge is -2.33. The van der Waals surface area contributed by atoms with E-state index in [1.54, 1.807) is 23.8 Å². The highest BCUT2D eigenvalue weighted by atomic mass is 32.2. The van der Waals surface area contributed by atoms with Gasteiger partial charge in [0.15, 0.2) is 0 Å². The smallest absolute Gasteiger partial charge is 0.243 e. The highest BCUT2D eigenvalue weighted by molar-refractivity contribution is 7.99. The number of rotatable bonds is 10. The maximum atomic E-state index is 13.3. The monoisotopic (exact) mass is 456 g/mol. The van der Waals surface area contributed by atoms with Crippen molar-refractivity contribution in [3.8, 4) is 5.75 Å². The van der Waals surface area contributed by atoms with Crippen molar-refractivity contribution < 1.29 is 14.3 Å². The predicted molar refractivity (Wildman–Crippen MR) is 133 cm³/mol. The second-order valence-electron chi connectivity index (χ2n) is 9.02. The standard InChI is InChI=1S/C26H36N2O3S/c1-7-23(25(30)27-26(3,4)5)28(16-20-11-9-13-22(15-20)31-6)24(29)18-32-17-21-12-8-10-19(2)14-21/h8-15,23H,7,16-18H2,1-6H3,(H,27,30). The van der Waals surface area contributed by atoms with E-state index < -0.39 is 6.04 Å². The fraction of sp³-hybridized carbons (Fsp3) is 0.462. The van der Waals surface area contributed by atoms with Crippen molar-refractivity contribution >= 4 is 23.6 Å². The number of thioether (sulfide) groups is 1. The van der Waals surface area contributed by atoms with Crippen molar-refractivity contribution in [3.05, 3.63) is 65.2 Å². The quantitative estimate of drug-likeness (QED) is 0.549. The molecule has 2 aromatic carbocycles. The van der Waals surface area contributed by atoms with Crippen LogP contribution in [0.15, 0.2) is 48.5 Å². The highest BCUT2D eigenvalue weighted by Crippen LogP contribution is 2.20. The van der Waals surface area contributed by atoms with Crippen LogP contribution in [0.4, 0.5) is 0 Å². The average Bonchev–Trinajstić information content (AvgIpc) is 2.72. The molecule has 1 atom stereocenters. The zero-order valence-electron chi connectivity index (χ0n) is 20.1. The predicted octanol–water partition coefficient (Wildman–Crippen LogP) is 4.96. The van der Waals surface area contributed by atoms with E-state index in [9.17, 15) is 9.59 Å². The molecule has 2 amide bonds. The van der Waals surface area contributed by atoms with Crippen LogP contribution in [-0.4, -0.2) is 41.2 Å². The zero-order chi connectivity index (χ0) is 23.7. The van der Waals surface area contributed by atoms with E-state index in [4.69, 9.17) is 4.74 Å². The summed E-state index contributed by atoms with van der Waals surface area (Å²) in [5.41, 5.74) is 2.97. The van der Waals surface area contributed by atoms with E-state index in [0.717, 1.165) is 17.1 Å². The van der Waals surface area contributed by atoms with Gasteiger partial charge in [0, 0.05) is 17.8 Å². The highest BCUT2D eigenvalue weighted by Gasteiger charge is 2.30. The molecule has 0 radical (unpaired) electrons. The van der Waals surface area contributed by atoms with Gasteiger partial charge in [-0.1, -0.05) is 48.9 Å². The van der Waals surface area contributed by atoms with Crippen LogP contribution in [0.5, 0.6) is 5.75 Å². The van der Waals surface area contributed by atoms with Crippen molar-refractivity contribution in [1.29, 1.82) is 0 Å². The van der Waals surface area contributed by atoms with Crippen molar-refractivity contribution in [2.24, 2.45) is 0 Å². The second kappa shape index (κ2) is 12.0. The van der Waals surface area contributed by atoms with Crippen LogP contribution >= 0.6 is 11.8 Å². The number of nitrogens with zero attached hydrogens (tertiary/aromatic N) is 1. The van der Waals surface area contributed by atoms with E-state index >= 15 is 0 Å². The van der Waals surface area contributed by atoms with Crippen molar-refractivity contribution in [1.82, 2.24) is 10.2 Å². The Balaban J connectivity index is 2.18. The number of carbonyl (C=O) groups excluding carboxylic acids is 2. The summed E-state index contributed by atoms with van der Waals surface area (Å²) in [6.45, 7) is 10.2. The number of ether oxygens (including phenoxy) is 1. The van der Waals surface area contributed by atoms with E-state index in [0.29, 0.717) is 18.7 Å². The van der Waals surface area contributed by atoms with Crippen LogP contribution in [0.3, 0.4) is 0 Å². The number of nitrogens with one attached hydrogen (secondary N) is 1. The molecule has 0 aliphatic heterocycles. The molecule has 0 heterocycles. The Hall–Kier alpha value is -2.47. The third-order valence-electron chi connectivity index (χ3n) is 4.95. The van der Waals surface area contributed by atoms with E-state index in [-0.39, 0.29) is 17.4 Å². The third kappa shape index (κ3) is 8.23. The molecule has 1 N–H and O–H groups in total. The van der Waals surface area contributed by atoms with Gasteiger partial charge in [0.05, 0.1) is 12.9 Å². The van der Waals surface area contributed by atoms with Gasteiger partial charge in [0.25, 0.3) is 0 Å². The first-order valence-electron chi connectivity index (χ1n) is 11.0. The molecular weight excluding hydrogens is 420 g/mol.